The molecule has 0 fully saturated rings. The third-order valence-electron chi connectivity index (χ3n) is 3.57. The van der Waals surface area contributed by atoms with Crippen molar-refractivity contribution in [2.75, 3.05) is 11.9 Å². The predicted octanol–water partition coefficient (Wildman–Crippen LogP) is 4.02. The van der Waals surface area contributed by atoms with Gasteiger partial charge in [0.05, 0.1) is 17.5 Å². The first-order valence-electron chi connectivity index (χ1n) is 7.39. The number of thiophene rings is 1. The van der Waals surface area contributed by atoms with Gasteiger partial charge in [-0.1, -0.05) is 12.1 Å². The van der Waals surface area contributed by atoms with Gasteiger partial charge in [-0.2, -0.15) is 0 Å². The predicted molar refractivity (Wildman–Crippen MR) is 92.8 cm³/mol. The molecule has 0 bridgehead atoms. The maximum Gasteiger partial charge on any atom is 0.320 e. The molecule has 2 aromatic rings. The topological polar surface area (TPSA) is 55.4 Å². The van der Waals surface area contributed by atoms with Crippen LogP contribution < -0.4 is 5.32 Å². The van der Waals surface area contributed by atoms with Gasteiger partial charge in [-0.15, -0.1) is 23.1 Å². The normalized spacial score (nSPS) is 20.3. The summed E-state index contributed by atoms with van der Waals surface area (Å²) in [6.45, 7) is 4.03. The Balaban J connectivity index is 2.05. The van der Waals surface area contributed by atoms with E-state index in [1.807, 2.05) is 43.3 Å². The van der Waals surface area contributed by atoms with Gasteiger partial charge >= 0.3 is 5.97 Å². The number of hydrogen-bond donors (Lipinski definition) is 1. The summed E-state index contributed by atoms with van der Waals surface area (Å²) in [4.78, 5) is 28.2. The third-order valence-corrected chi connectivity index (χ3v) is 6.19. The van der Waals surface area contributed by atoms with Crippen molar-refractivity contribution in [3.63, 3.8) is 0 Å². The fourth-order valence-corrected chi connectivity index (χ4v) is 4.94. The maximum absolute atomic E-state index is 12.7. The van der Waals surface area contributed by atoms with E-state index in [4.69, 9.17) is 4.74 Å². The zero-order valence-electron chi connectivity index (χ0n) is 12.9. The number of para-hydroxylation sites is 1. The zero-order chi connectivity index (χ0) is 16.4. The number of nitrogens with one attached hydrogen (secondary N) is 1. The highest BCUT2D eigenvalue weighted by Gasteiger charge is 2.41. The van der Waals surface area contributed by atoms with Gasteiger partial charge in [-0.25, -0.2) is 0 Å². The van der Waals surface area contributed by atoms with Crippen LogP contribution in [0.2, 0.25) is 0 Å². The van der Waals surface area contributed by atoms with Gasteiger partial charge in [-0.3, -0.25) is 9.59 Å². The van der Waals surface area contributed by atoms with E-state index in [1.54, 1.807) is 18.3 Å². The number of amides is 1. The largest absolute Gasteiger partial charge is 0.465 e. The molecule has 0 aliphatic carbocycles. The molecule has 1 aliphatic heterocycles. The van der Waals surface area contributed by atoms with E-state index < -0.39 is 11.9 Å². The van der Waals surface area contributed by atoms with Crippen molar-refractivity contribution < 1.29 is 14.3 Å². The summed E-state index contributed by atoms with van der Waals surface area (Å²) in [6, 6.07) is 11.6. The lowest BCUT2D eigenvalue weighted by molar-refractivity contribution is -0.150. The number of thioether (sulfide) groups is 1. The number of aryl methyl sites for hydroxylation is 1. The lowest BCUT2D eigenvalue weighted by Crippen LogP contribution is -2.33. The molecule has 0 radical (unpaired) electrons. The summed E-state index contributed by atoms with van der Waals surface area (Å²) in [5.41, 5.74) is 0.743. The summed E-state index contributed by atoms with van der Waals surface area (Å²) in [5.74, 6) is -1.64. The van der Waals surface area contributed by atoms with Crippen molar-refractivity contribution >= 4 is 40.7 Å². The first kappa shape index (κ1) is 16.1. The number of carbonyl (C=O) groups is 2. The van der Waals surface area contributed by atoms with E-state index in [0.29, 0.717) is 0 Å². The fourth-order valence-electron chi connectivity index (χ4n) is 2.52. The smallest absolute Gasteiger partial charge is 0.320 e. The van der Waals surface area contributed by atoms with Crippen LogP contribution in [0.5, 0.6) is 0 Å². The molecule has 2 atom stereocenters. The first-order chi connectivity index (χ1) is 11.1. The summed E-state index contributed by atoms with van der Waals surface area (Å²) < 4.78 is 5.16. The molecule has 3 rings (SSSR count). The van der Waals surface area contributed by atoms with Crippen molar-refractivity contribution in [1.82, 2.24) is 0 Å². The minimum atomic E-state index is -0.856. The summed E-state index contributed by atoms with van der Waals surface area (Å²) in [5, 5.41) is 2.58. The SMILES string of the molecule is CCOC(=O)[C@@H]1C(=O)Nc2ccccc2S[C@H]1c1ccc(C)s1. The Kier molecular flexibility index (Phi) is 4.73. The molecule has 1 aromatic carbocycles. The van der Waals surface area contributed by atoms with E-state index >= 15 is 0 Å². The molecule has 1 aliphatic rings. The average molecular weight is 347 g/mol. The minimum absolute atomic E-state index is 0.260. The van der Waals surface area contributed by atoms with Crippen LogP contribution in [-0.4, -0.2) is 18.5 Å². The Morgan fingerprint density at radius 1 is 1.26 bits per heavy atom. The number of anilines is 1. The van der Waals surface area contributed by atoms with Gasteiger partial charge in [0.25, 0.3) is 0 Å². The molecular formula is C17H17NO3S2. The highest BCUT2D eigenvalue weighted by Crippen LogP contribution is 2.48. The molecule has 0 saturated heterocycles. The maximum atomic E-state index is 12.7. The van der Waals surface area contributed by atoms with Crippen LogP contribution in [0.3, 0.4) is 0 Å². The number of carbonyl (C=O) groups excluding carboxylic acids is 2. The van der Waals surface area contributed by atoms with Crippen molar-refractivity contribution in [2.45, 2.75) is 24.0 Å². The van der Waals surface area contributed by atoms with Crippen molar-refractivity contribution in [3.8, 4) is 0 Å². The van der Waals surface area contributed by atoms with E-state index in [9.17, 15) is 9.59 Å². The molecule has 2 heterocycles. The van der Waals surface area contributed by atoms with Crippen molar-refractivity contribution in [3.05, 3.63) is 46.2 Å². The molecule has 120 valence electrons. The van der Waals surface area contributed by atoms with Gasteiger partial charge in [-0.05, 0) is 38.1 Å². The van der Waals surface area contributed by atoms with Crippen LogP contribution in [0.1, 0.15) is 21.9 Å². The molecule has 0 unspecified atom stereocenters. The Hall–Kier alpha value is -1.79. The molecular weight excluding hydrogens is 330 g/mol. The lowest BCUT2D eigenvalue weighted by atomic mass is 10.0. The van der Waals surface area contributed by atoms with Gasteiger partial charge < -0.3 is 10.1 Å². The molecule has 23 heavy (non-hydrogen) atoms. The first-order valence-corrected chi connectivity index (χ1v) is 9.09. The number of fused-ring (bicyclic) bond motifs is 1. The Morgan fingerprint density at radius 2 is 2.04 bits per heavy atom. The Labute approximate surface area is 143 Å². The quantitative estimate of drug-likeness (QED) is 0.673. The van der Waals surface area contributed by atoms with Gasteiger partial charge in [0, 0.05) is 14.6 Å². The van der Waals surface area contributed by atoms with Crippen LogP contribution >= 0.6 is 23.1 Å². The number of hydrogen-bond acceptors (Lipinski definition) is 5. The van der Waals surface area contributed by atoms with Gasteiger partial charge in [0.1, 0.15) is 0 Å². The van der Waals surface area contributed by atoms with Crippen LogP contribution in [0.15, 0.2) is 41.3 Å². The fraction of sp³-hybridized carbons (Fsp3) is 0.294. The van der Waals surface area contributed by atoms with Crippen LogP contribution in [0.25, 0.3) is 0 Å². The van der Waals surface area contributed by atoms with E-state index in [2.05, 4.69) is 5.32 Å². The zero-order valence-corrected chi connectivity index (χ0v) is 14.5. The van der Waals surface area contributed by atoms with Crippen LogP contribution in [0.4, 0.5) is 5.69 Å². The molecule has 6 heteroatoms. The van der Waals surface area contributed by atoms with Gasteiger partial charge in [0.15, 0.2) is 5.92 Å². The van der Waals surface area contributed by atoms with Crippen LogP contribution in [-0.2, 0) is 14.3 Å². The number of benzene rings is 1. The van der Waals surface area contributed by atoms with Crippen molar-refractivity contribution in [1.29, 1.82) is 0 Å². The second-order valence-electron chi connectivity index (χ2n) is 5.20. The van der Waals surface area contributed by atoms with Crippen LogP contribution in [0, 0.1) is 12.8 Å². The monoisotopic (exact) mass is 347 g/mol. The van der Waals surface area contributed by atoms with E-state index in [0.717, 1.165) is 20.3 Å². The second-order valence-corrected chi connectivity index (χ2v) is 7.70. The lowest BCUT2D eigenvalue weighted by Gasteiger charge is -2.20. The molecule has 4 nitrogen and oxygen atoms in total. The number of rotatable bonds is 3. The molecule has 1 N–H and O–H groups in total. The van der Waals surface area contributed by atoms with E-state index in [1.165, 1.54) is 11.8 Å². The van der Waals surface area contributed by atoms with E-state index in [-0.39, 0.29) is 17.8 Å². The highest BCUT2D eigenvalue weighted by molar-refractivity contribution is 8.00. The number of esters is 1. The number of ether oxygens (including phenoxy) is 1. The molecule has 1 amide bonds. The Bertz CT molecular complexity index is 741. The summed E-state index contributed by atoms with van der Waals surface area (Å²) in [6.07, 6.45) is 0. The standard InChI is InChI=1S/C17H17NO3S2/c1-3-21-17(20)14-15(13-9-8-10(2)22-13)23-12-7-5-4-6-11(12)18-16(14)19/h4-9,14-15H,3H2,1-2H3,(H,18,19)/t14-,15-/m0/s1. The second kappa shape index (κ2) is 6.76. The van der Waals surface area contributed by atoms with Gasteiger partial charge in [0.2, 0.25) is 5.91 Å². The molecule has 0 spiro atoms. The summed E-state index contributed by atoms with van der Waals surface area (Å²) >= 11 is 3.15. The Morgan fingerprint density at radius 3 is 2.74 bits per heavy atom. The average Bonchev–Trinajstić information content (AvgIpc) is 2.88. The van der Waals surface area contributed by atoms with Crippen molar-refractivity contribution in [2.24, 2.45) is 5.92 Å². The third kappa shape index (κ3) is 3.28. The summed E-state index contributed by atoms with van der Waals surface area (Å²) in [7, 11) is 0. The molecule has 0 saturated carbocycles. The minimum Gasteiger partial charge on any atom is -0.465 e. The highest BCUT2D eigenvalue weighted by atomic mass is 32.2. The molecule has 1 aromatic heterocycles.